The molecule has 0 bridgehead atoms. The fraction of sp³-hybridized carbons (Fsp3) is 0.571. The number of aliphatic hydroxyl groups is 3. The molecule has 18 heteroatoms. The van der Waals surface area contributed by atoms with Crippen molar-refractivity contribution in [3.63, 3.8) is 0 Å². The molecule has 4 aliphatic heterocycles. The molecule has 0 radical (unpaired) electrons. The fourth-order valence-corrected chi connectivity index (χ4v) is 20.4. The number of aliphatic hydroxyl groups excluding tert-OH is 3. The highest BCUT2D eigenvalue weighted by molar-refractivity contribution is 6.84. The van der Waals surface area contributed by atoms with E-state index in [9.17, 15) is 20.1 Å². The summed E-state index contributed by atoms with van der Waals surface area (Å²) in [7, 11) is -6.16. The lowest BCUT2D eigenvalue weighted by atomic mass is 10.1. The highest BCUT2D eigenvalue weighted by Crippen LogP contribution is 2.53. The largest absolute Gasteiger partial charge is 0.425 e. The first-order chi connectivity index (χ1) is 28.6. The highest BCUT2D eigenvalue weighted by Gasteiger charge is 2.68. The summed E-state index contributed by atoms with van der Waals surface area (Å²) in [5.74, 6) is 0.177. The first-order valence-corrected chi connectivity index (χ1v) is 25.1. The van der Waals surface area contributed by atoms with E-state index in [2.05, 4.69) is 65.7 Å². The van der Waals surface area contributed by atoms with Gasteiger partial charge < -0.3 is 47.8 Å². The van der Waals surface area contributed by atoms with Gasteiger partial charge in [-0.05, 0) is 53.4 Å². The van der Waals surface area contributed by atoms with Gasteiger partial charge in [0.05, 0.1) is 37.1 Å². The Morgan fingerprint density at radius 1 is 0.900 bits per heavy atom. The third-order valence-electron chi connectivity index (χ3n) is 12.2. The standard InChI is InChI=1S/C42H61N6O10Si2/c1-10-43-41-45-38-35(39(46-41)56-42(52)47(29-17-13-11-14-18-29)30-19-15-12-16-20-30)44-24-48(38,34-21-31(50)32(22-49)54-34)40-36(51)37-33(55-40)23-53-59(25(2)3,26(4)5)58-60(57-37,27(6)7)28(8)9/h11-20,24-28,31-34,36-37,40,49-51H,10,21-23H2,1-9H3,(H,43,45,46)/q+1/t31-,32+,33+,34-,36+,37+,40+,48?/m0/s1. The summed E-state index contributed by atoms with van der Waals surface area (Å²) >= 11 is 0. The summed E-state index contributed by atoms with van der Waals surface area (Å²) in [5, 5.41) is 37.4. The number of quaternary nitrogens is 1. The number of amides is 1. The van der Waals surface area contributed by atoms with Crippen LogP contribution >= 0.6 is 0 Å². The molecule has 5 heterocycles. The van der Waals surface area contributed by atoms with Crippen LogP contribution in [0.25, 0.3) is 0 Å². The summed E-state index contributed by atoms with van der Waals surface area (Å²) in [5.41, 5.74) is 1.40. The molecule has 8 atom stereocenters. The molecule has 2 aromatic carbocycles. The summed E-state index contributed by atoms with van der Waals surface area (Å²) in [6.07, 6.45) is -6.29. The molecule has 16 nitrogen and oxygen atoms in total. The molecular formula is C42H61N6O10Si2+. The number of hydrogen-bond donors (Lipinski definition) is 4. The summed E-state index contributed by atoms with van der Waals surface area (Å²) in [6.45, 7) is 19.0. The van der Waals surface area contributed by atoms with E-state index in [1.807, 2.05) is 43.3 Å². The molecule has 3 aromatic rings. The minimum Gasteiger partial charge on any atom is -0.414 e. The Morgan fingerprint density at radius 2 is 1.50 bits per heavy atom. The number of anilines is 3. The molecule has 4 aliphatic rings. The molecule has 326 valence electrons. The molecular weight excluding hydrogens is 805 g/mol. The second kappa shape index (κ2) is 17.6. The number of aliphatic imine (C=N–C) groups is 1. The number of nitrogens with zero attached hydrogens (tertiary/aromatic N) is 5. The predicted molar refractivity (Wildman–Crippen MR) is 232 cm³/mol. The molecule has 0 aliphatic carbocycles. The molecule has 1 aromatic heterocycles. The second-order valence-electron chi connectivity index (χ2n) is 17.2. The summed E-state index contributed by atoms with van der Waals surface area (Å²) in [6, 6.07) is 18.2. The zero-order valence-corrected chi connectivity index (χ0v) is 38.0. The van der Waals surface area contributed by atoms with Crippen molar-refractivity contribution in [3.8, 4) is 5.88 Å². The molecule has 0 spiro atoms. The van der Waals surface area contributed by atoms with E-state index in [1.54, 1.807) is 24.3 Å². The van der Waals surface area contributed by atoms with Crippen LogP contribution in [0.2, 0.25) is 22.2 Å². The molecule has 0 saturated carbocycles. The number of ether oxygens (including phenoxy) is 3. The molecule has 1 amide bonds. The monoisotopic (exact) mass is 865 g/mol. The number of nitrogens with one attached hydrogen (secondary N) is 1. The first kappa shape index (κ1) is 44.4. The van der Waals surface area contributed by atoms with E-state index in [0.717, 1.165) is 0 Å². The average Bonchev–Trinajstić information content (AvgIpc) is 3.88. The van der Waals surface area contributed by atoms with Crippen LogP contribution in [-0.2, 0) is 22.4 Å². The molecule has 3 saturated heterocycles. The Hall–Kier alpha value is -3.67. The van der Waals surface area contributed by atoms with Crippen LogP contribution in [0.5, 0.6) is 5.88 Å². The Morgan fingerprint density at radius 3 is 2.03 bits per heavy atom. The van der Waals surface area contributed by atoms with E-state index < -0.39 is 77.3 Å². The third kappa shape index (κ3) is 7.63. The maximum Gasteiger partial charge on any atom is 0.425 e. The van der Waals surface area contributed by atoms with Gasteiger partial charge in [0, 0.05) is 6.54 Å². The number of aromatic nitrogens is 2. The maximum atomic E-state index is 14.4. The number of carbonyl (C=O) groups excluding carboxylic acids is 1. The van der Waals surface area contributed by atoms with Crippen molar-refractivity contribution in [1.82, 2.24) is 14.5 Å². The quantitative estimate of drug-likeness (QED) is 0.111. The lowest BCUT2D eigenvalue weighted by Gasteiger charge is -2.51. The first-order valence-electron chi connectivity index (χ1n) is 21.1. The smallest absolute Gasteiger partial charge is 0.414 e. The van der Waals surface area contributed by atoms with Crippen molar-refractivity contribution in [2.75, 3.05) is 30.0 Å². The van der Waals surface area contributed by atoms with Gasteiger partial charge in [-0.1, -0.05) is 91.8 Å². The van der Waals surface area contributed by atoms with Gasteiger partial charge >= 0.3 is 23.2 Å². The highest BCUT2D eigenvalue weighted by atomic mass is 28.5. The summed E-state index contributed by atoms with van der Waals surface area (Å²) in [4.78, 5) is 30.2. The van der Waals surface area contributed by atoms with Gasteiger partial charge in [-0.25, -0.2) is 9.69 Å². The van der Waals surface area contributed by atoms with Crippen LogP contribution in [0.4, 0.5) is 33.6 Å². The van der Waals surface area contributed by atoms with Crippen LogP contribution in [-0.4, -0.2) is 118 Å². The van der Waals surface area contributed by atoms with Gasteiger partial charge in [-0.2, -0.15) is 19.4 Å². The van der Waals surface area contributed by atoms with Crippen LogP contribution in [0.3, 0.4) is 0 Å². The van der Waals surface area contributed by atoms with Gasteiger partial charge in [0.25, 0.3) is 11.7 Å². The molecule has 3 fully saturated rings. The minimum absolute atomic E-state index is 0.00896. The molecule has 7 rings (SSSR count). The summed E-state index contributed by atoms with van der Waals surface area (Å²) < 4.78 is 40.8. The van der Waals surface area contributed by atoms with Crippen molar-refractivity contribution in [2.45, 2.75) is 134 Å². The van der Waals surface area contributed by atoms with Crippen molar-refractivity contribution >= 4 is 58.4 Å². The SMILES string of the molecule is CCNc1nc(OC(=O)N(c2ccccc2)c2ccccc2)c2c(n1)[N+]([C@@H]1C[C@H](O)[C@@H](CO)O1)([C@@H]1O[C@@H]3CO[Si](C(C)C)(C(C)C)O[Si](C(C)C)(C(C)C)O[C@H]3[C@H]1O)C=N2. The van der Waals surface area contributed by atoms with E-state index in [0.29, 0.717) is 17.9 Å². The third-order valence-corrected chi connectivity index (χ3v) is 22.5. The normalized spacial score (nSPS) is 29.4. The van der Waals surface area contributed by atoms with Crippen LogP contribution in [0.15, 0.2) is 65.7 Å². The van der Waals surface area contributed by atoms with Gasteiger partial charge in [-0.3, -0.25) is 0 Å². The van der Waals surface area contributed by atoms with Gasteiger partial charge in [-0.15, -0.1) is 0 Å². The fourth-order valence-electron chi connectivity index (χ4n) is 9.16. The number of para-hydroxylation sites is 2. The Labute approximate surface area is 354 Å². The lowest BCUT2D eigenvalue weighted by Crippen LogP contribution is -2.67. The van der Waals surface area contributed by atoms with E-state index in [4.69, 9.17) is 37.2 Å². The lowest BCUT2D eigenvalue weighted by molar-refractivity contribution is -0.133. The van der Waals surface area contributed by atoms with Crippen molar-refractivity contribution in [2.24, 2.45) is 4.99 Å². The zero-order chi connectivity index (χ0) is 43.1. The number of hydrogen-bond acceptors (Lipinski definition) is 14. The zero-order valence-electron chi connectivity index (χ0n) is 36.0. The van der Waals surface area contributed by atoms with Crippen molar-refractivity contribution in [3.05, 3.63) is 60.7 Å². The van der Waals surface area contributed by atoms with E-state index >= 15 is 0 Å². The van der Waals surface area contributed by atoms with Gasteiger partial charge in [0.15, 0.2) is 6.10 Å². The number of benzene rings is 2. The minimum atomic E-state index is -3.19. The number of rotatable bonds is 12. The van der Waals surface area contributed by atoms with Gasteiger partial charge in [0.2, 0.25) is 30.4 Å². The topological polar surface area (TPSA) is 187 Å². The maximum absolute atomic E-state index is 14.4. The average molecular weight is 866 g/mol. The van der Waals surface area contributed by atoms with Crippen molar-refractivity contribution < 1.29 is 47.3 Å². The second-order valence-corrected chi connectivity index (χ2v) is 26.1. The molecule has 1 unspecified atom stereocenters. The Bertz CT molecular complexity index is 1940. The number of carbonyl (C=O) groups is 1. The van der Waals surface area contributed by atoms with Gasteiger partial charge in [0.1, 0.15) is 18.3 Å². The number of fused-ring (bicyclic) bond motifs is 2. The van der Waals surface area contributed by atoms with E-state index in [1.165, 1.54) is 11.2 Å². The van der Waals surface area contributed by atoms with Crippen LogP contribution < -0.4 is 19.4 Å². The van der Waals surface area contributed by atoms with Crippen LogP contribution in [0, 0.1) is 0 Å². The molecule has 4 N–H and O–H groups in total. The molecule has 60 heavy (non-hydrogen) atoms. The van der Waals surface area contributed by atoms with Crippen LogP contribution in [0.1, 0.15) is 68.7 Å². The Balaban J connectivity index is 1.35. The van der Waals surface area contributed by atoms with E-state index in [-0.39, 0.29) is 58.5 Å². The predicted octanol–water partition coefficient (Wildman–Crippen LogP) is 6.74. The van der Waals surface area contributed by atoms with Crippen molar-refractivity contribution in [1.29, 1.82) is 0 Å². The Kier molecular flexibility index (Phi) is 13.0.